The molecule has 1 N–H and O–H groups in total. The van der Waals surface area contributed by atoms with Crippen LogP contribution in [0.25, 0.3) is 10.9 Å². The Balaban J connectivity index is 2.05. The zero-order valence-corrected chi connectivity index (χ0v) is 11.5. The van der Waals surface area contributed by atoms with Gasteiger partial charge in [-0.05, 0) is 24.1 Å². The van der Waals surface area contributed by atoms with E-state index in [2.05, 4.69) is 15.3 Å². The largest absolute Gasteiger partial charge is 0.476 e. The molecule has 0 unspecified atom stereocenters. The molecule has 0 saturated heterocycles. The van der Waals surface area contributed by atoms with Crippen LogP contribution in [0.15, 0.2) is 36.5 Å². The fraction of sp³-hybridized carbons (Fsp3) is 0.200. The fourth-order valence-electron chi connectivity index (χ4n) is 2.43. The standard InChI is InChI=1S/C15H14N4O2/c1-2-13-14(15(20)21)17-18-19(13)9-10-7-8-16-12-6-4-3-5-11(10)12/h3-8H,2,9H2,1H3,(H,20,21). The van der Waals surface area contributed by atoms with Gasteiger partial charge in [0.15, 0.2) is 5.69 Å². The van der Waals surface area contributed by atoms with Crippen LogP contribution in [0, 0.1) is 0 Å². The third-order valence-corrected chi connectivity index (χ3v) is 3.43. The lowest BCUT2D eigenvalue weighted by molar-refractivity contribution is 0.0689. The first kappa shape index (κ1) is 13.2. The summed E-state index contributed by atoms with van der Waals surface area (Å²) in [6.07, 6.45) is 2.32. The summed E-state index contributed by atoms with van der Waals surface area (Å²) in [5.41, 5.74) is 2.60. The van der Waals surface area contributed by atoms with E-state index in [1.54, 1.807) is 10.9 Å². The molecule has 1 aromatic carbocycles. The van der Waals surface area contributed by atoms with E-state index in [4.69, 9.17) is 5.11 Å². The summed E-state index contributed by atoms with van der Waals surface area (Å²) in [5.74, 6) is -1.04. The Labute approximate surface area is 121 Å². The summed E-state index contributed by atoms with van der Waals surface area (Å²) in [5, 5.41) is 17.9. The summed E-state index contributed by atoms with van der Waals surface area (Å²) in [4.78, 5) is 15.5. The maximum atomic E-state index is 11.1. The zero-order chi connectivity index (χ0) is 14.8. The van der Waals surface area contributed by atoms with Crippen molar-refractivity contribution in [3.8, 4) is 0 Å². The molecule has 3 aromatic rings. The van der Waals surface area contributed by atoms with E-state index in [9.17, 15) is 4.79 Å². The van der Waals surface area contributed by atoms with Crippen LogP contribution < -0.4 is 0 Å². The molecule has 106 valence electrons. The van der Waals surface area contributed by atoms with Gasteiger partial charge in [-0.15, -0.1) is 5.10 Å². The number of rotatable bonds is 4. The van der Waals surface area contributed by atoms with Gasteiger partial charge in [0.05, 0.1) is 17.8 Å². The topological polar surface area (TPSA) is 80.9 Å². The molecule has 0 aliphatic rings. The van der Waals surface area contributed by atoms with E-state index in [0.717, 1.165) is 16.5 Å². The van der Waals surface area contributed by atoms with E-state index < -0.39 is 5.97 Å². The normalized spacial score (nSPS) is 10.9. The number of nitrogens with zero attached hydrogens (tertiary/aromatic N) is 4. The van der Waals surface area contributed by atoms with Gasteiger partial charge in [0.25, 0.3) is 0 Å². The van der Waals surface area contributed by atoms with Crippen molar-refractivity contribution < 1.29 is 9.90 Å². The molecule has 6 nitrogen and oxygen atoms in total. The van der Waals surface area contributed by atoms with Crippen LogP contribution in [-0.4, -0.2) is 31.1 Å². The van der Waals surface area contributed by atoms with Gasteiger partial charge >= 0.3 is 5.97 Å². The molecule has 0 aliphatic heterocycles. The van der Waals surface area contributed by atoms with Crippen molar-refractivity contribution in [1.29, 1.82) is 0 Å². The predicted octanol–water partition coefficient (Wildman–Crippen LogP) is 2.14. The maximum absolute atomic E-state index is 11.1. The van der Waals surface area contributed by atoms with Crippen molar-refractivity contribution in [1.82, 2.24) is 20.0 Å². The zero-order valence-electron chi connectivity index (χ0n) is 11.5. The van der Waals surface area contributed by atoms with Crippen molar-refractivity contribution in [2.75, 3.05) is 0 Å². The van der Waals surface area contributed by atoms with E-state index in [0.29, 0.717) is 18.7 Å². The number of para-hydroxylation sites is 1. The van der Waals surface area contributed by atoms with Crippen molar-refractivity contribution in [2.45, 2.75) is 19.9 Å². The number of hydrogen-bond donors (Lipinski definition) is 1. The molecule has 21 heavy (non-hydrogen) atoms. The summed E-state index contributed by atoms with van der Waals surface area (Å²) >= 11 is 0. The van der Waals surface area contributed by atoms with Crippen LogP contribution in [-0.2, 0) is 13.0 Å². The molecular weight excluding hydrogens is 268 g/mol. The number of aromatic carboxylic acids is 1. The summed E-state index contributed by atoms with van der Waals surface area (Å²) in [6, 6.07) is 9.76. The van der Waals surface area contributed by atoms with Gasteiger partial charge in [0.1, 0.15) is 0 Å². The van der Waals surface area contributed by atoms with Crippen molar-refractivity contribution >= 4 is 16.9 Å². The molecular formula is C15H14N4O2. The monoisotopic (exact) mass is 282 g/mol. The lowest BCUT2D eigenvalue weighted by Gasteiger charge is -2.08. The first-order valence-electron chi connectivity index (χ1n) is 6.69. The van der Waals surface area contributed by atoms with E-state index in [1.165, 1.54) is 0 Å². The molecule has 3 rings (SSSR count). The fourth-order valence-corrected chi connectivity index (χ4v) is 2.43. The Bertz CT molecular complexity index is 805. The van der Waals surface area contributed by atoms with Gasteiger partial charge in [-0.2, -0.15) is 0 Å². The lowest BCUT2D eigenvalue weighted by Crippen LogP contribution is -2.09. The van der Waals surface area contributed by atoms with Crippen molar-refractivity contribution in [3.63, 3.8) is 0 Å². The van der Waals surface area contributed by atoms with Crippen LogP contribution in [0.5, 0.6) is 0 Å². The minimum absolute atomic E-state index is 0.0239. The van der Waals surface area contributed by atoms with Crippen molar-refractivity contribution in [2.24, 2.45) is 0 Å². The molecule has 0 saturated carbocycles. The average Bonchev–Trinajstić information content (AvgIpc) is 2.90. The molecule has 0 bridgehead atoms. The number of hydrogen-bond acceptors (Lipinski definition) is 4. The second-order valence-corrected chi connectivity index (χ2v) is 4.69. The third-order valence-electron chi connectivity index (χ3n) is 3.43. The minimum Gasteiger partial charge on any atom is -0.476 e. The highest BCUT2D eigenvalue weighted by Crippen LogP contribution is 2.18. The van der Waals surface area contributed by atoms with Gasteiger partial charge in [0, 0.05) is 11.6 Å². The Morgan fingerprint density at radius 2 is 2.10 bits per heavy atom. The second kappa shape index (κ2) is 5.32. The molecule has 2 aromatic heterocycles. The first-order valence-corrected chi connectivity index (χ1v) is 6.69. The first-order chi connectivity index (χ1) is 10.2. The lowest BCUT2D eigenvalue weighted by atomic mass is 10.1. The Morgan fingerprint density at radius 3 is 2.86 bits per heavy atom. The Morgan fingerprint density at radius 1 is 1.29 bits per heavy atom. The number of carboxylic acid groups (broad SMARTS) is 1. The van der Waals surface area contributed by atoms with Crippen LogP contribution in [0.2, 0.25) is 0 Å². The molecule has 0 fully saturated rings. The minimum atomic E-state index is -1.04. The molecule has 0 radical (unpaired) electrons. The highest BCUT2D eigenvalue weighted by molar-refractivity contribution is 5.86. The number of carbonyl (C=O) groups is 1. The third kappa shape index (κ3) is 2.35. The van der Waals surface area contributed by atoms with E-state index in [-0.39, 0.29) is 5.69 Å². The van der Waals surface area contributed by atoms with Crippen LogP contribution in [0.3, 0.4) is 0 Å². The summed E-state index contributed by atoms with van der Waals surface area (Å²) in [6.45, 7) is 2.37. The molecule has 2 heterocycles. The van der Waals surface area contributed by atoms with Crippen molar-refractivity contribution in [3.05, 3.63) is 53.5 Å². The van der Waals surface area contributed by atoms with Gasteiger partial charge in [0.2, 0.25) is 0 Å². The summed E-state index contributed by atoms with van der Waals surface area (Å²) < 4.78 is 1.64. The second-order valence-electron chi connectivity index (χ2n) is 4.69. The van der Waals surface area contributed by atoms with Crippen LogP contribution in [0.1, 0.15) is 28.7 Å². The molecule has 6 heteroatoms. The highest BCUT2D eigenvalue weighted by atomic mass is 16.4. The average molecular weight is 282 g/mol. The molecule has 0 aliphatic carbocycles. The van der Waals surface area contributed by atoms with E-state index >= 15 is 0 Å². The molecule has 0 atom stereocenters. The van der Waals surface area contributed by atoms with Gasteiger partial charge in [-0.1, -0.05) is 30.3 Å². The quantitative estimate of drug-likeness (QED) is 0.792. The maximum Gasteiger partial charge on any atom is 0.358 e. The summed E-state index contributed by atoms with van der Waals surface area (Å²) in [7, 11) is 0. The highest BCUT2D eigenvalue weighted by Gasteiger charge is 2.17. The Hall–Kier alpha value is -2.76. The Kier molecular flexibility index (Phi) is 3.35. The van der Waals surface area contributed by atoms with Crippen LogP contribution >= 0.6 is 0 Å². The van der Waals surface area contributed by atoms with Crippen LogP contribution in [0.4, 0.5) is 0 Å². The van der Waals surface area contributed by atoms with Gasteiger partial charge in [-0.3, -0.25) is 4.98 Å². The number of pyridine rings is 1. The SMILES string of the molecule is CCc1c(C(=O)O)nnn1Cc1ccnc2ccccc12. The molecule has 0 amide bonds. The number of aromatic nitrogens is 4. The predicted molar refractivity (Wildman–Crippen MR) is 77.2 cm³/mol. The molecule has 0 spiro atoms. The smallest absolute Gasteiger partial charge is 0.358 e. The van der Waals surface area contributed by atoms with Gasteiger partial charge in [-0.25, -0.2) is 9.48 Å². The van der Waals surface area contributed by atoms with E-state index in [1.807, 2.05) is 37.3 Å². The number of carboxylic acids is 1. The number of benzene rings is 1. The van der Waals surface area contributed by atoms with Gasteiger partial charge < -0.3 is 5.11 Å². The number of fused-ring (bicyclic) bond motifs is 1.